The fourth-order valence-electron chi connectivity index (χ4n) is 4.88. The fourth-order valence-corrected chi connectivity index (χ4v) is 4.88. The smallest absolute Gasteiger partial charge is 0.192 e. The molecule has 0 bridgehead atoms. The van der Waals surface area contributed by atoms with Crippen LogP contribution in [-0.4, -0.2) is 79.3 Å². The standard InChI is InChI=1S/C25H44N6O/c26-25(29-23-11-14-27-15-12-23)28-13-6-1-2-7-17-31(24-9-4-3-5-10-24)18-8-16-30-19-21-32-22-20-30/h11-12,14-15,24H,1-10,13,16-22H2,(H3,26,27,28,29). The van der Waals surface area contributed by atoms with Gasteiger partial charge in [-0.15, -0.1) is 0 Å². The van der Waals surface area contributed by atoms with E-state index in [1.165, 1.54) is 77.4 Å². The third kappa shape index (κ3) is 9.84. The summed E-state index contributed by atoms with van der Waals surface area (Å²) in [6.07, 6.45) is 16.7. The molecule has 0 atom stereocenters. The van der Waals surface area contributed by atoms with Gasteiger partial charge in [-0.05, 0) is 63.9 Å². The summed E-state index contributed by atoms with van der Waals surface area (Å²) in [4.78, 5) is 9.37. The molecule has 2 fully saturated rings. The Hall–Kier alpha value is -1.70. The first kappa shape index (κ1) is 24.9. The summed E-state index contributed by atoms with van der Waals surface area (Å²) < 4.78 is 5.48. The summed E-state index contributed by atoms with van der Waals surface area (Å²) in [7, 11) is 0. The van der Waals surface area contributed by atoms with Gasteiger partial charge in [0.15, 0.2) is 5.96 Å². The molecule has 3 N–H and O–H groups in total. The van der Waals surface area contributed by atoms with E-state index in [1.807, 2.05) is 12.1 Å². The number of ether oxygens (including phenoxy) is 1. The lowest BCUT2D eigenvalue weighted by atomic mass is 9.93. The minimum absolute atomic E-state index is 0.361. The Kier molecular flexibility index (Phi) is 11.8. The largest absolute Gasteiger partial charge is 0.379 e. The van der Waals surface area contributed by atoms with Gasteiger partial charge >= 0.3 is 0 Å². The minimum Gasteiger partial charge on any atom is -0.379 e. The molecule has 1 saturated heterocycles. The zero-order valence-corrected chi connectivity index (χ0v) is 19.9. The van der Waals surface area contributed by atoms with Crippen molar-refractivity contribution in [2.24, 2.45) is 0 Å². The van der Waals surface area contributed by atoms with Gasteiger partial charge in [-0.1, -0.05) is 32.1 Å². The highest BCUT2D eigenvalue weighted by Crippen LogP contribution is 2.23. The SMILES string of the molecule is N=C(NCCCCCCN(CCCN1CCOCC1)C1CCCCC1)Nc1ccncc1. The second kappa shape index (κ2) is 15.2. The van der Waals surface area contributed by atoms with Crippen LogP contribution in [0.15, 0.2) is 24.5 Å². The van der Waals surface area contributed by atoms with Crippen LogP contribution < -0.4 is 10.6 Å². The first-order valence-corrected chi connectivity index (χ1v) is 12.8. The molecule has 2 heterocycles. The van der Waals surface area contributed by atoms with E-state index in [1.54, 1.807) is 12.4 Å². The van der Waals surface area contributed by atoms with E-state index in [2.05, 4.69) is 25.4 Å². The summed E-state index contributed by atoms with van der Waals surface area (Å²) in [6.45, 7) is 8.59. The Morgan fingerprint density at radius 2 is 1.72 bits per heavy atom. The number of anilines is 1. The van der Waals surface area contributed by atoms with Gasteiger partial charge < -0.3 is 20.3 Å². The number of unbranched alkanes of at least 4 members (excludes halogenated alkanes) is 3. The van der Waals surface area contributed by atoms with Crippen molar-refractivity contribution >= 4 is 11.6 Å². The van der Waals surface area contributed by atoms with Crippen molar-refractivity contribution in [3.05, 3.63) is 24.5 Å². The van der Waals surface area contributed by atoms with Gasteiger partial charge in [-0.25, -0.2) is 0 Å². The van der Waals surface area contributed by atoms with Crippen LogP contribution in [-0.2, 0) is 4.74 Å². The van der Waals surface area contributed by atoms with Gasteiger partial charge in [0.2, 0.25) is 0 Å². The van der Waals surface area contributed by atoms with Crippen LogP contribution in [0.3, 0.4) is 0 Å². The maximum Gasteiger partial charge on any atom is 0.192 e. The molecule has 32 heavy (non-hydrogen) atoms. The van der Waals surface area contributed by atoms with Crippen molar-refractivity contribution in [1.82, 2.24) is 20.1 Å². The summed E-state index contributed by atoms with van der Waals surface area (Å²) in [6, 6.07) is 4.56. The predicted molar refractivity (Wildman–Crippen MR) is 132 cm³/mol. The van der Waals surface area contributed by atoms with E-state index >= 15 is 0 Å². The lowest BCUT2D eigenvalue weighted by Gasteiger charge is -2.35. The molecule has 1 aliphatic heterocycles. The number of hydrogen-bond donors (Lipinski definition) is 3. The van der Waals surface area contributed by atoms with E-state index in [9.17, 15) is 0 Å². The van der Waals surface area contributed by atoms with Crippen LogP contribution in [0.2, 0.25) is 0 Å². The molecule has 0 spiro atoms. The molecule has 3 rings (SSSR count). The van der Waals surface area contributed by atoms with Crippen molar-refractivity contribution < 1.29 is 4.74 Å². The molecule has 1 aromatic heterocycles. The average Bonchev–Trinajstić information content (AvgIpc) is 2.84. The number of nitrogens with one attached hydrogen (secondary N) is 3. The summed E-state index contributed by atoms with van der Waals surface area (Å²) in [5, 5.41) is 14.2. The number of aromatic nitrogens is 1. The minimum atomic E-state index is 0.361. The Bertz CT molecular complexity index is 616. The zero-order valence-electron chi connectivity index (χ0n) is 19.9. The molecular weight excluding hydrogens is 400 g/mol. The van der Waals surface area contributed by atoms with Gasteiger partial charge in [-0.3, -0.25) is 15.3 Å². The Balaban J connectivity index is 1.26. The number of rotatable bonds is 13. The quantitative estimate of drug-likeness (QED) is 0.243. The average molecular weight is 445 g/mol. The first-order chi connectivity index (χ1) is 15.8. The zero-order chi connectivity index (χ0) is 22.3. The van der Waals surface area contributed by atoms with Crippen LogP contribution in [0.25, 0.3) is 0 Å². The molecule has 7 nitrogen and oxygen atoms in total. The molecule has 0 amide bonds. The molecule has 180 valence electrons. The van der Waals surface area contributed by atoms with Crippen molar-refractivity contribution in [3.8, 4) is 0 Å². The van der Waals surface area contributed by atoms with Gasteiger partial charge in [0.25, 0.3) is 0 Å². The third-order valence-corrected chi connectivity index (χ3v) is 6.74. The maximum absolute atomic E-state index is 7.99. The van der Waals surface area contributed by atoms with Crippen LogP contribution in [0, 0.1) is 5.41 Å². The molecule has 0 unspecified atom stereocenters. The lowest BCUT2D eigenvalue weighted by molar-refractivity contribution is 0.0348. The highest BCUT2D eigenvalue weighted by Gasteiger charge is 2.21. The molecule has 7 heteroatoms. The van der Waals surface area contributed by atoms with E-state index in [-0.39, 0.29) is 0 Å². The molecule has 1 aromatic rings. The number of guanidine groups is 1. The Morgan fingerprint density at radius 1 is 1.00 bits per heavy atom. The normalized spacial score (nSPS) is 18.0. The Labute approximate surface area is 194 Å². The molecule has 1 aliphatic carbocycles. The van der Waals surface area contributed by atoms with Gasteiger partial charge in [0, 0.05) is 43.8 Å². The van der Waals surface area contributed by atoms with Crippen molar-refractivity contribution in [1.29, 1.82) is 5.41 Å². The number of pyridine rings is 1. The second-order valence-electron chi connectivity index (χ2n) is 9.21. The predicted octanol–water partition coefficient (Wildman–Crippen LogP) is 3.94. The van der Waals surface area contributed by atoms with E-state index in [0.29, 0.717) is 5.96 Å². The van der Waals surface area contributed by atoms with Gasteiger partial charge in [0.05, 0.1) is 13.2 Å². The topological polar surface area (TPSA) is 76.5 Å². The summed E-state index contributed by atoms with van der Waals surface area (Å²) >= 11 is 0. The Morgan fingerprint density at radius 3 is 2.50 bits per heavy atom. The van der Waals surface area contributed by atoms with E-state index in [4.69, 9.17) is 10.1 Å². The second-order valence-corrected chi connectivity index (χ2v) is 9.21. The molecule has 1 saturated carbocycles. The van der Waals surface area contributed by atoms with E-state index < -0.39 is 0 Å². The lowest BCUT2D eigenvalue weighted by Crippen LogP contribution is -2.41. The van der Waals surface area contributed by atoms with Gasteiger partial charge in [0.1, 0.15) is 0 Å². The van der Waals surface area contributed by atoms with Crippen LogP contribution in [0.5, 0.6) is 0 Å². The molecule has 0 radical (unpaired) electrons. The van der Waals surface area contributed by atoms with Crippen molar-refractivity contribution in [3.63, 3.8) is 0 Å². The maximum atomic E-state index is 7.99. The van der Waals surface area contributed by atoms with Crippen molar-refractivity contribution in [2.45, 2.75) is 70.3 Å². The van der Waals surface area contributed by atoms with Crippen molar-refractivity contribution in [2.75, 3.05) is 57.8 Å². The highest BCUT2D eigenvalue weighted by atomic mass is 16.5. The molecule has 2 aliphatic rings. The van der Waals surface area contributed by atoms with Crippen LogP contribution in [0.4, 0.5) is 5.69 Å². The summed E-state index contributed by atoms with van der Waals surface area (Å²) in [5.74, 6) is 0.361. The fraction of sp³-hybridized carbons (Fsp3) is 0.760. The monoisotopic (exact) mass is 444 g/mol. The van der Waals surface area contributed by atoms with E-state index in [0.717, 1.165) is 51.0 Å². The van der Waals surface area contributed by atoms with Gasteiger partial charge in [-0.2, -0.15) is 0 Å². The summed E-state index contributed by atoms with van der Waals surface area (Å²) in [5.41, 5.74) is 0.897. The highest BCUT2D eigenvalue weighted by molar-refractivity contribution is 5.90. The molecular formula is C25H44N6O. The number of hydrogen-bond acceptors (Lipinski definition) is 5. The molecule has 0 aromatic carbocycles. The van der Waals surface area contributed by atoms with Crippen LogP contribution in [0.1, 0.15) is 64.2 Å². The van der Waals surface area contributed by atoms with Crippen LogP contribution >= 0.6 is 0 Å². The number of morpholine rings is 1. The third-order valence-electron chi connectivity index (χ3n) is 6.74. The number of nitrogens with zero attached hydrogens (tertiary/aromatic N) is 3. The first-order valence-electron chi connectivity index (χ1n) is 12.8.